The molecule has 1 aromatic rings. The van der Waals surface area contributed by atoms with Gasteiger partial charge in [-0.2, -0.15) is 0 Å². The predicted molar refractivity (Wildman–Crippen MR) is 46.5 cm³/mol. The Morgan fingerprint density at radius 2 is 1.79 bits per heavy atom. The van der Waals surface area contributed by atoms with Crippen LogP contribution in [0.1, 0.15) is 5.56 Å². The van der Waals surface area contributed by atoms with Gasteiger partial charge in [-0.3, -0.25) is 0 Å². The lowest BCUT2D eigenvalue weighted by molar-refractivity contribution is 0.322. The van der Waals surface area contributed by atoms with Crippen LogP contribution in [0.5, 0.6) is 23.0 Å². The molecule has 0 bridgehead atoms. The molecule has 2 rings (SSSR count). The molecule has 14 heavy (non-hydrogen) atoms. The monoisotopic (exact) mass is 196 g/mol. The zero-order chi connectivity index (χ0) is 10.3. The lowest BCUT2D eigenvalue weighted by atomic mass is 10.1. The van der Waals surface area contributed by atoms with Crippen LogP contribution in [-0.2, 0) is 6.42 Å². The number of aliphatic hydroxyl groups excluding tert-OH is 1. The molecule has 0 radical (unpaired) electrons. The maximum atomic E-state index is 9.41. The highest BCUT2D eigenvalue weighted by Gasteiger charge is 2.21. The minimum Gasteiger partial charge on any atom is -0.509 e. The van der Waals surface area contributed by atoms with Crippen molar-refractivity contribution in [3.8, 4) is 23.0 Å². The van der Waals surface area contributed by atoms with E-state index in [1.807, 2.05) is 0 Å². The number of phenols is 3. The Balaban J connectivity index is 2.60. The number of rotatable bonds is 0. The number of phenolic OH excluding ortho intramolecular Hbond substituents is 3. The summed E-state index contributed by atoms with van der Waals surface area (Å²) in [6.45, 7) is 0. The van der Waals surface area contributed by atoms with Crippen molar-refractivity contribution in [2.45, 2.75) is 6.42 Å². The van der Waals surface area contributed by atoms with E-state index in [-0.39, 0.29) is 23.5 Å². The molecule has 0 amide bonds. The molecular formula is C9H8O5. The Morgan fingerprint density at radius 3 is 2.50 bits per heavy atom. The minimum absolute atomic E-state index is 0.0575. The van der Waals surface area contributed by atoms with Crippen molar-refractivity contribution in [2.24, 2.45) is 0 Å². The van der Waals surface area contributed by atoms with Gasteiger partial charge in [0.15, 0.2) is 11.5 Å². The molecule has 0 spiro atoms. The van der Waals surface area contributed by atoms with Crippen LogP contribution in [0, 0.1) is 0 Å². The van der Waals surface area contributed by atoms with Gasteiger partial charge >= 0.3 is 0 Å². The number of benzene rings is 1. The molecular weight excluding hydrogens is 188 g/mol. The highest BCUT2D eigenvalue weighted by Crippen LogP contribution is 2.44. The average Bonchev–Trinajstić information content (AvgIpc) is 2.16. The smallest absolute Gasteiger partial charge is 0.200 e. The summed E-state index contributed by atoms with van der Waals surface area (Å²) in [6, 6.07) is 1.17. The summed E-state index contributed by atoms with van der Waals surface area (Å²) >= 11 is 0. The Labute approximate surface area is 79.1 Å². The van der Waals surface area contributed by atoms with Crippen LogP contribution in [0.3, 0.4) is 0 Å². The zero-order valence-corrected chi connectivity index (χ0v) is 7.06. The average molecular weight is 196 g/mol. The topological polar surface area (TPSA) is 90.2 Å². The highest BCUT2D eigenvalue weighted by atomic mass is 16.5. The van der Waals surface area contributed by atoms with Crippen molar-refractivity contribution in [3.05, 3.63) is 23.7 Å². The number of fused-ring (bicyclic) bond motifs is 1. The lowest BCUT2D eigenvalue weighted by Gasteiger charge is -2.16. The van der Waals surface area contributed by atoms with E-state index in [1.165, 1.54) is 6.07 Å². The van der Waals surface area contributed by atoms with E-state index in [9.17, 15) is 10.2 Å². The summed E-state index contributed by atoms with van der Waals surface area (Å²) < 4.78 is 4.91. The molecule has 1 aliphatic heterocycles. The third kappa shape index (κ3) is 1.10. The predicted octanol–water partition coefficient (Wildman–Crippen LogP) is 1.14. The molecule has 1 heterocycles. The Morgan fingerprint density at radius 1 is 1.07 bits per heavy atom. The van der Waals surface area contributed by atoms with Crippen molar-refractivity contribution in [1.29, 1.82) is 0 Å². The molecule has 4 N–H and O–H groups in total. The number of hydrogen-bond donors (Lipinski definition) is 4. The van der Waals surface area contributed by atoms with Gasteiger partial charge in [0.05, 0.1) is 0 Å². The van der Waals surface area contributed by atoms with E-state index in [1.54, 1.807) is 0 Å². The lowest BCUT2D eigenvalue weighted by Crippen LogP contribution is -2.02. The fourth-order valence-corrected chi connectivity index (χ4v) is 1.29. The van der Waals surface area contributed by atoms with Crippen LogP contribution < -0.4 is 4.74 Å². The van der Waals surface area contributed by atoms with Crippen LogP contribution in [0.15, 0.2) is 18.1 Å². The molecule has 0 aromatic heterocycles. The van der Waals surface area contributed by atoms with Crippen LogP contribution in [0.25, 0.3) is 0 Å². The third-order valence-electron chi connectivity index (χ3n) is 2.00. The first-order valence-electron chi connectivity index (χ1n) is 3.91. The summed E-state index contributed by atoms with van der Waals surface area (Å²) in [7, 11) is 0. The van der Waals surface area contributed by atoms with Gasteiger partial charge in [0, 0.05) is 18.1 Å². The fraction of sp³-hybridized carbons (Fsp3) is 0.111. The van der Waals surface area contributed by atoms with Gasteiger partial charge in [-0.1, -0.05) is 0 Å². The van der Waals surface area contributed by atoms with E-state index >= 15 is 0 Å². The molecule has 5 heteroatoms. The molecule has 0 aliphatic carbocycles. The second-order valence-corrected chi connectivity index (χ2v) is 2.97. The molecule has 1 aromatic carbocycles. The minimum atomic E-state index is -0.609. The summed E-state index contributed by atoms with van der Waals surface area (Å²) in [6.07, 6.45) is 1.17. The number of hydrogen-bond acceptors (Lipinski definition) is 5. The molecule has 1 aliphatic rings. The second-order valence-electron chi connectivity index (χ2n) is 2.97. The second kappa shape index (κ2) is 2.73. The Kier molecular flexibility index (Phi) is 1.67. The first-order valence-corrected chi connectivity index (χ1v) is 3.91. The fourth-order valence-electron chi connectivity index (χ4n) is 1.29. The summed E-state index contributed by atoms with van der Waals surface area (Å²) in [5, 5.41) is 36.9. The van der Waals surface area contributed by atoms with Crippen LogP contribution in [0.2, 0.25) is 0 Å². The standard InChI is InChI=1S/C9H8O5/c10-4-1-5-7(14-3-4)2-6(11)9(13)8(5)12/h2-3,10-13H,1H2. The van der Waals surface area contributed by atoms with Crippen LogP contribution in [0.4, 0.5) is 0 Å². The van der Waals surface area contributed by atoms with Gasteiger partial charge in [-0.25, -0.2) is 0 Å². The van der Waals surface area contributed by atoms with E-state index in [0.717, 1.165) is 6.26 Å². The molecule has 0 saturated heterocycles. The summed E-state index contributed by atoms with van der Waals surface area (Å²) in [5.74, 6) is -1.38. The Hall–Kier alpha value is -2.04. The van der Waals surface area contributed by atoms with E-state index in [0.29, 0.717) is 0 Å². The van der Waals surface area contributed by atoms with E-state index in [2.05, 4.69) is 0 Å². The molecule has 74 valence electrons. The zero-order valence-electron chi connectivity index (χ0n) is 7.06. The van der Waals surface area contributed by atoms with Crippen molar-refractivity contribution in [2.75, 3.05) is 0 Å². The quantitative estimate of drug-likeness (QED) is 0.467. The van der Waals surface area contributed by atoms with Crippen molar-refractivity contribution < 1.29 is 25.2 Å². The van der Waals surface area contributed by atoms with Crippen molar-refractivity contribution in [3.63, 3.8) is 0 Å². The molecule has 0 saturated carbocycles. The van der Waals surface area contributed by atoms with Crippen molar-refractivity contribution >= 4 is 0 Å². The van der Waals surface area contributed by atoms with Gasteiger partial charge in [0.1, 0.15) is 17.8 Å². The van der Waals surface area contributed by atoms with Crippen LogP contribution >= 0.6 is 0 Å². The Bertz CT molecular complexity index is 422. The largest absolute Gasteiger partial charge is 0.509 e. The maximum Gasteiger partial charge on any atom is 0.200 e. The molecule has 0 unspecified atom stereocenters. The molecule has 0 atom stereocenters. The normalized spacial score (nSPS) is 14.1. The third-order valence-corrected chi connectivity index (χ3v) is 2.00. The van der Waals surface area contributed by atoms with Gasteiger partial charge in [0.25, 0.3) is 0 Å². The number of ether oxygens (including phenoxy) is 1. The number of aromatic hydroxyl groups is 3. The van der Waals surface area contributed by atoms with Gasteiger partial charge < -0.3 is 25.2 Å². The number of allylic oxidation sites excluding steroid dienone is 1. The van der Waals surface area contributed by atoms with Gasteiger partial charge in [0.2, 0.25) is 5.75 Å². The van der Waals surface area contributed by atoms with E-state index < -0.39 is 17.2 Å². The maximum absolute atomic E-state index is 9.41. The van der Waals surface area contributed by atoms with Crippen LogP contribution in [-0.4, -0.2) is 20.4 Å². The van der Waals surface area contributed by atoms with Crippen molar-refractivity contribution in [1.82, 2.24) is 0 Å². The van der Waals surface area contributed by atoms with Gasteiger partial charge in [-0.05, 0) is 0 Å². The SMILES string of the molecule is OC1=COc2cc(O)c(O)c(O)c2C1. The summed E-state index contributed by atoms with van der Waals surface area (Å²) in [4.78, 5) is 0. The number of aliphatic hydroxyl groups is 1. The first kappa shape index (κ1) is 8.55. The van der Waals surface area contributed by atoms with E-state index in [4.69, 9.17) is 14.9 Å². The molecule has 5 nitrogen and oxygen atoms in total. The molecule has 0 fully saturated rings. The van der Waals surface area contributed by atoms with Gasteiger partial charge in [-0.15, -0.1) is 0 Å². The first-order chi connectivity index (χ1) is 6.59. The summed E-state index contributed by atoms with van der Waals surface area (Å²) in [5.41, 5.74) is 0.250. The highest BCUT2D eigenvalue weighted by molar-refractivity contribution is 5.61.